The highest BCUT2D eigenvalue weighted by Gasteiger charge is 2.45. The van der Waals surface area contributed by atoms with Gasteiger partial charge >= 0.3 is 0 Å². The standard InChI is InChI=1S/C17H28O4/c1-6-9-19-15-12-14(4)13-16(20-10-7-2)17(15,18-5)21-11-8-3/h12-13H,4,6-11H2,1-3,5H3. The SMILES string of the molecule is C=C1C=C(OCCC)C(OC)(OCCC)C(OCCC)=C1. The van der Waals surface area contributed by atoms with Crippen molar-refractivity contribution in [1.29, 1.82) is 0 Å². The van der Waals surface area contributed by atoms with Crippen molar-refractivity contribution in [2.45, 2.75) is 45.8 Å². The Hall–Kier alpha value is -1.26. The third-order valence-electron chi connectivity index (χ3n) is 3.00. The van der Waals surface area contributed by atoms with Crippen LogP contribution in [-0.4, -0.2) is 32.7 Å². The van der Waals surface area contributed by atoms with Crippen molar-refractivity contribution in [3.05, 3.63) is 35.8 Å². The van der Waals surface area contributed by atoms with Gasteiger partial charge in [0.05, 0.1) is 19.8 Å². The molecule has 0 atom stereocenters. The molecule has 1 rings (SSSR count). The lowest BCUT2D eigenvalue weighted by Crippen LogP contribution is -2.43. The maximum atomic E-state index is 5.99. The normalized spacial score (nSPS) is 17.2. The van der Waals surface area contributed by atoms with Crippen LogP contribution in [0.4, 0.5) is 0 Å². The molecule has 0 aromatic rings. The van der Waals surface area contributed by atoms with Crippen molar-refractivity contribution in [2.75, 3.05) is 26.9 Å². The van der Waals surface area contributed by atoms with Crippen LogP contribution in [0, 0.1) is 0 Å². The average molecular weight is 296 g/mol. The van der Waals surface area contributed by atoms with Gasteiger partial charge in [0.15, 0.2) is 11.5 Å². The van der Waals surface area contributed by atoms with Crippen molar-refractivity contribution in [3.63, 3.8) is 0 Å². The number of methoxy groups -OCH3 is 1. The zero-order chi connectivity index (χ0) is 15.7. The Morgan fingerprint density at radius 2 is 1.38 bits per heavy atom. The van der Waals surface area contributed by atoms with Crippen LogP contribution in [0.1, 0.15) is 40.0 Å². The van der Waals surface area contributed by atoms with Crippen LogP contribution in [0.25, 0.3) is 0 Å². The number of hydrogen-bond donors (Lipinski definition) is 0. The highest BCUT2D eigenvalue weighted by molar-refractivity contribution is 5.42. The highest BCUT2D eigenvalue weighted by Crippen LogP contribution is 2.38. The first-order valence-electron chi connectivity index (χ1n) is 7.72. The fourth-order valence-corrected chi connectivity index (χ4v) is 2.04. The second-order valence-corrected chi connectivity index (χ2v) is 4.96. The predicted octanol–water partition coefficient (Wildman–Crippen LogP) is 3.95. The topological polar surface area (TPSA) is 36.9 Å². The van der Waals surface area contributed by atoms with Crippen LogP contribution in [0.15, 0.2) is 35.8 Å². The van der Waals surface area contributed by atoms with E-state index in [1.165, 1.54) is 0 Å². The lowest BCUT2D eigenvalue weighted by atomic mass is 10.0. The molecular weight excluding hydrogens is 268 g/mol. The molecule has 1 aliphatic carbocycles. The van der Waals surface area contributed by atoms with Crippen LogP contribution in [0.3, 0.4) is 0 Å². The summed E-state index contributed by atoms with van der Waals surface area (Å²) in [5.41, 5.74) is 0.819. The summed E-state index contributed by atoms with van der Waals surface area (Å²) in [5.74, 6) is 0.124. The minimum atomic E-state index is -1.10. The molecule has 0 radical (unpaired) electrons. The van der Waals surface area contributed by atoms with E-state index in [1.54, 1.807) is 7.11 Å². The molecule has 4 nitrogen and oxygen atoms in total. The third-order valence-corrected chi connectivity index (χ3v) is 3.00. The summed E-state index contributed by atoms with van der Waals surface area (Å²) < 4.78 is 23.4. The van der Waals surface area contributed by atoms with E-state index in [-0.39, 0.29) is 0 Å². The summed E-state index contributed by atoms with van der Waals surface area (Å²) in [4.78, 5) is 0. The molecule has 1 aliphatic rings. The molecule has 0 N–H and O–H groups in total. The van der Waals surface area contributed by atoms with Gasteiger partial charge in [-0.25, -0.2) is 0 Å². The first-order chi connectivity index (χ1) is 10.1. The van der Waals surface area contributed by atoms with E-state index in [0.29, 0.717) is 31.3 Å². The second-order valence-electron chi connectivity index (χ2n) is 4.96. The van der Waals surface area contributed by atoms with E-state index >= 15 is 0 Å². The smallest absolute Gasteiger partial charge is 0.287 e. The molecule has 0 bridgehead atoms. The molecule has 0 aromatic carbocycles. The Balaban J connectivity index is 3.09. The van der Waals surface area contributed by atoms with Crippen LogP contribution in [0.2, 0.25) is 0 Å². The molecule has 0 saturated heterocycles. The highest BCUT2D eigenvalue weighted by atomic mass is 16.7. The monoisotopic (exact) mass is 296 g/mol. The zero-order valence-corrected chi connectivity index (χ0v) is 13.7. The Bertz CT molecular complexity index is 368. The summed E-state index contributed by atoms with van der Waals surface area (Å²) in [6.45, 7) is 11.9. The van der Waals surface area contributed by atoms with Crippen molar-refractivity contribution in [3.8, 4) is 0 Å². The molecule has 0 aromatic heterocycles. The van der Waals surface area contributed by atoms with Gasteiger partial charge < -0.3 is 18.9 Å². The van der Waals surface area contributed by atoms with Gasteiger partial charge in [0.2, 0.25) is 0 Å². The third kappa shape index (κ3) is 4.35. The molecule has 21 heavy (non-hydrogen) atoms. The second kappa shape index (κ2) is 8.90. The Morgan fingerprint density at radius 1 is 0.905 bits per heavy atom. The first kappa shape index (κ1) is 17.8. The minimum absolute atomic E-state index is 0.556. The van der Waals surface area contributed by atoms with Gasteiger partial charge in [0, 0.05) is 7.11 Å². The van der Waals surface area contributed by atoms with E-state index < -0.39 is 5.79 Å². The van der Waals surface area contributed by atoms with E-state index in [1.807, 2.05) is 12.2 Å². The molecule has 0 saturated carbocycles. The Labute approximate surface area is 128 Å². The Kier molecular flexibility index (Phi) is 7.54. The van der Waals surface area contributed by atoms with Gasteiger partial charge in [-0.05, 0) is 37.0 Å². The summed E-state index contributed by atoms with van der Waals surface area (Å²) in [6.07, 6.45) is 6.41. The number of rotatable bonds is 10. The van der Waals surface area contributed by atoms with Gasteiger partial charge in [0.25, 0.3) is 5.79 Å². The molecule has 0 fully saturated rings. The van der Waals surface area contributed by atoms with Gasteiger partial charge in [-0.15, -0.1) is 0 Å². The first-order valence-corrected chi connectivity index (χ1v) is 7.72. The van der Waals surface area contributed by atoms with Crippen molar-refractivity contribution in [2.24, 2.45) is 0 Å². The predicted molar refractivity (Wildman–Crippen MR) is 83.8 cm³/mol. The summed E-state index contributed by atoms with van der Waals surface area (Å²) in [6, 6.07) is 0. The number of allylic oxidation sites excluding steroid dienone is 3. The van der Waals surface area contributed by atoms with E-state index in [2.05, 4.69) is 27.4 Å². The Morgan fingerprint density at radius 3 is 1.76 bits per heavy atom. The van der Waals surface area contributed by atoms with Gasteiger partial charge in [-0.3, -0.25) is 0 Å². The zero-order valence-electron chi connectivity index (χ0n) is 13.7. The number of ether oxygens (including phenoxy) is 4. The maximum Gasteiger partial charge on any atom is 0.287 e. The lowest BCUT2D eigenvalue weighted by Gasteiger charge is -2.37. The van der Waals surface area contributed by atoms with E-state index in [9.17, 15) is 0 Å². The van der Waals surface area contributed by atoms with Crippen LogP contribution >= 0.6 is 0 Å². The minimum Gasteiger partial charge on any atom is -0.492 e. The quantitative estimate of drug-likeness (QED) is 0.572. The van der Waals surface area contributed by atoms with Crippen LogP contribution < -0.4 is 0 Å². The molecule has 4 heteroatoms. The van der Waals surface area contributed by atoms with Crippen molar-refractivity contribution >= 4 is 0 Å². The molecule has 0 unspecified atom stereocenters. The molecule has 0 heterocycles. The summed E-state index contributed by atoms with van der Waals surface area (Å²) in [7, 11) is 1.61. The summed E-state index contributed by atoms with van der Waals surface area (Å²) in [5, 5.41) is 0. The molecule has 120 valence electrons. The molecular formula is C17H28O4. The van der Waals surface area contributed by atoms with Gasteiger partial charge in [-0.2, -0.15) is 0 Å². The lowest BCUT2D eigenvalue weighted by molar-refractivity contribution is -0.215. The average Bonchev–Trinajstić information content (AvgIpc) is 2.49. The fourth-order valence-electron chi connectivity index (χ4n) is 2.04. The number of hydrogen-bond acceptors (Lipinski definition) is 4. The van der Waals surface area contributed by atoms with Crippen LogP contribution in [-0.2, 0) is 18.9 Å². The van der Waals surface area contributed by atoms with E-state index in [0.717, 1.165) is 24.8 Å². The maximum absolute atomic E-state index is 5.99. The largest absolute Gasteiger partial charge is 0.492 e. The summed E-state index contributed by atoms with van der Waals surface area (Å²) >= 11 is 0. The molecule has 0 amide bonds. The molecule has 0 aliphatic heterocycles. The van der Waals surface area contributed by atoms with Crippen molar-refractivity contribution < 1.29 is 18.9 Å². The van der Waals surface area contributed by atoms with E-state index in [4.69, 9.17) is 18.9 Å². The van der Waals surface area contributed by atoms with Crippen molar-refractivity contribution in [1.82, 2.24) is 0 Å². The van der Waals surface area contributed by atoms with Gasteiger partial charge in [0.1, 0.15) is 0 Å². The molecule has 0 spiro atoms. The van der Waals surface area contributed by atoms with Gasteiger partial charge in [-0.1, -0.05) is 27.4 Å². The fraction of sp³-hybridized carbons (Fsp3) is 0.647. The van der Waals surface area contributed by atoms with Crippen LogP contribution in [0.5, 0.6) is 0 Å².